The number of piperazine rings is 1. The summed E-state index contributed by atoms with van der Waals surface area (Å²) < 4.78 is 0. The number of anilines is 1. The summed E-state index contributed by atoms with van der Waals surface area (Å²) in [4.78, 5) is 16.4. The van der Waals surface area contributed by atoms with E-state index in [1.807, 2.05) is 18.2 Å². The number of benzene rings is 2. The first-order valence-electron chi connectivity index (χ1n) is 8.34. The predicted octanol–water partition coefficient (Wildman–Crippen LogP) is 1.66. The van der Waals surface area contributed by atoms with Gasteiger partial charge in [0.2, 0.25) is 0 Å². The second-order valence-electron chi connectivity index (χ2n) is 5.98. The number of phenols is 1. The fourth-order valence-corrected chi connectivity index (χ4v) is 2.78. The van der Waals surface area contributed by atoms with Crippen LogP contribution in [0.2, 0.25) is 0 Å². The fourth-order valence-electron chi connectivity index (χ4n) is 2.78. The van der Waals surface area contributed by atoms with Crippen LogP contribution in [0.15, 0.2) is 59.7 Å². The third-order valence-corrected chi connectivity index (χ3v) is 4.16. The largest absolute Gasteiger partial charge is 0.508 e. The lowest BCUT2D eigenvalue weighted by atomic mass is 10.2. The van der Waals surface area contributed by atoms with Crippen LogP contribution in [-0.2, 0) is 4.79 Å². The first-order valence-corrected chi connectivity index (χ1v) is 8.34. The summed E-state index contributed by atoms with van der Waals surface area (Å²) in [7, 11) is 0. The Morgan fingerprint density at radius 3 is 2.40 bits per heavy atom. The van der Waals surface area contributed by atoms with Gasteiger partial charge in [-0.25, -0.2) is 5.43 Å². The van der Waals surface area contributed by atoms with E-state index in [0.717, 1.165) is 31.7 Å². The molecule has 0 aliphatic carbocycles. The maximum Gasteiger partial charge on any atom is 0.254 e. The van der Waals surface area contributed by atoms with E-state index in [4.69, 9.17) is 0 Å². The second-order valence-corrected chi connectivity index (χ2v) is 5.98. The molecule has 1 amide bonds. The summed E-state index contributed by atoms with van der Waals surface area (Å²) in [5, 5.41) is 13.2. The van der Waals surface area contributed by atoms with Gasteiger partial charge in [-0.1, -0.05) is 18.2 Å². The lowest BCUT2D eigenvalue weighted by molar-refractivity contribution is -0.122. The number of hydrazone groups is 1. The number of phenolic OH excluding ortho intramolecular Hbond substituents is 1. The minimum atomic E-state index is -0.122. The van der Waals surface area contributed by atoms with Gasteiger partial charge in [0.05, 0.1) is 12.8 Å². The molecule has 1 aliphatic rings. The van der Waals surface area contributed by atoms with E-state index in [1.165, 1.54) is 5.69 Å². The highest BCUT2D eigenvalue weighted by molar-refractivity contribution is 5.83. The summed E-state index contributed by atoms with van der Waals surface area (Å²) in [6.45, 7) is 3.87. The SMILES string of the molecule is O=C(CN1CCN(c2ccccc2)CC1)N/N=C/c1ccc(O)cc1. The monoisotopic (exact) mass is 338 g/mol. The number of para-hydroxylation sites is 1. The Bertz CT molecular complexity index is 708. The molecule has 1 aliphatic heterocycles. The van der Waals surface area contributed by atoms with E-state index in [1.54, 1.807) is 30.5 Å². The molecule has 25 heavy (non-hydrogen) atoms. The van der Waals surface area contributed by atoms with Crippen LogP contribution in [0.4, 0.5) is 5.69 Å². The van der Waals surface area contributed by atoms with Crippen molar-refractivity contribution in [2.45, 2.75) is 0 Å². The minimum absolute atomic E-state index is 0.122. The summed E-state index contributed by atoms with van der Waals surface area (Å²) >= 11 is 0. The van der Waals surface area contributed by atoms with Crippen molar-refractivity contribution in [3.05, 3.63) is 60.2 Å². The van der Waals surface area contributed by atoms with Crippen molar-refractivity contribution in [2.75, 3.05) is 37.6 Å². The number of hydrogen-bond donors (Lipinski definition) is 2. The normalized spacial score (nSPS) is 15.4. The summed E-state index contributed by atoms with van der Waals surface area (Å²) in [5.74, 6) is 0.0824. The first-order chi connectivity index (χ1) is 12.2. The Morgan fingerprint density at radius 1 is 1.04 bits per heavy atom. The zero-order valence-corrected chi connectivity index (χ0v) is 14.0. The Labute approximate surface area is 147 Å². The fraction of sp³-hybridized carbons (Fsp3) is 0.263. The van der Waals surface area contributed by atoms with Gasteiger partial charge in [0.15, 0.2) is 0 Å². The second kappa shape index (κ2) is 8.30. The van der Waals surface area contributed by atoms with E-state index >= 15 is 0 Å². The van der Waals surface area contributed by atoms with Crippen molar-refractivity contribution in [1.82, 2.24) is 10.3 Å². The molecule has 2 aromatic carbocycles. The molecule has 130 valence electrons. The highest BCUT2D eigenvalue weighted by Crippen LogP contribution is 2.15. The molecule has 1 saturated heterocycles. The van der Waals surface area contributed by atoms with E-state index < -0.39 is 0 Å². The molecule has 1 heterocycles. The molecular formula is C19H22N4O2. The Hall–Kier alpha value is -2.86. The molecule has 0 saturated carbocycles. The van der Waals surface area contributed by atoms with Crippen LogP contribution in [0, 0.1) is 0 Å². The van der Waals surface area contributed by atoms with E-state index in [-0.39, 0.29) is 11.7 Å². The number of nitrogens with one attached hydrogen (secondary N) is 1. The van der Waals surface area contributed by atoms with Gasteiger partial charge in [-0.3, -0.25) is 9.69 Å². The van der Waals surface area contributed by atoms with Crippen molar-refractivity contribution in [3.63, 3.8) is 0 Å². The highest BCUT2D eigenvalue weighted by atomic mass is 16.3. The molecule has 0 aromatic heterocycles. The van der Waals surface area contributed by atoms with Gasteiger partial charge >= 0.3 is 0 Å². The number of aromatic hydroxyl groups is 1. The Kier molecular flexibility index (Phi) is 5.64. The number of carbonyl (C=O) groups is 1. The van der Waals surface area contributed by atoms with Crippen molar-refractivity contribution in [1.29, 1.82) is 0 Å². The van der Waals surface area contributed by atoms with Gasteiger partial charge in [-0.05, 0) is 42.0 Å². The number of hydrogen-bond acceptors (Lipinski definition) is 5. The maximum absolute atomic E-state index is 12.0. The standard InChI is InChI=1S/C19H22N4O2/c24-18-8-6-16(7-9-18)14-20-21-19(25)15-22-10-12-23(13-11-22)17-4-2-1-3-5-17/h1-9,14,24H,10-13,15H2,(H,21,25)/b20-14+. The molecule has 0 bridgehead atoms. The van der Waals surface area contributed by atoms with Gasteiger partial charge in [-0.15, -0.1) is 0 Å². The molecule has 0 atom stereocenters. The van der Waals surface area contributed by atoms with E-state index in [2.05, 4.69) is 32.5 Å². The van der Waals surface area contributed by atoms with E-state index in [9.17, 15) is 9.90 Å². The average Bonchev–Trinajstić information content (AvgIpc) is 2.65. The van der Waals surface area contributed by atoms with Crippen molar-refractivity contribution >= 4 is 17.8 Å². The van der Waals surface area contributed by atoms with Crippen LogP contribution in [0.25, 0.3) is 0 Å². The van der Waals surface area contributed by atoms with Crippen LogP contribution >= 0.6 is 0 Å². The third-order valence-electron chi connectivity index (χ3n) is 4.16. The van der Waals surface area contributed by atoms with Crippen LogP contribution < -0.4 is 10.3 Å². The molecular weight excluding hydrogens is 316 g/mol. The molecule has 6 nitrogen and oxygen atoms in total. The molecule has 1 fully saturated rings. The average molecular weight is 338 g/mol. The van der Waals surface area contributed by atoms with Crippen molar-refractivity contribution in [3.8, 4) is 5.75 Å². The molecule has 0 radical (unpaired) electrons. The molecule has 6 heteroatoms. The van der Waals surface area contributed by atoms with Gasteiger partial charge in [0, 0.05) is 31.9 Å². The van der Waals surface area contributed by atoms with Crippen molar-refractivity contribution < 1.29 is 9.90 Å². The number of carbonyl (C=O) groups excluding carboxylic acids is 1. The van der Waals surface area contributed by atoms with Crippen LogP contribution in [-0.4, -0.2) is 54.9 Å². The minimum Gasteiger partial charge on any atom is -0.508 e. The van der Waals surface area contributed by atoms with Crippen LogP contribution in [0.5, 0.6) is 5.75 Å². The Balaban J connectivity index is 1.41. The zero-order valence-electron chi connectivity index (χ0n) is 14.0. The highest BCUT2D eigenvalue weighted by Gasteiger charge is 2.18. The molecule has 3 rings (SSSR count). The number of nitrogens with zero attached hydrogens (tertiary/aromatic N) is 3. The molecule has 2 N–H and O–H groups in total. The summed E-state index contributed by atoms with van der Waals surface area (Å²) in [6, 6.07) is 16.9. The summed E-state index contributed by atoms with van der Waals surface area (Å²) in [6.07, 6.45) is 1.56. The number of rotatable bonds is 5. The predicted molar refractivity (Wildman–Crippen MR) is 98.9 cm³/mol. The van der Waals surface area contributed by atoms with E-state index in [0.29, 0.717) is 6.54 Å². The summed E-state index contributed by atoms with van der Waals surface area (Å²) in [5.41, 5.74) is 4.59. The topological polar surface area (TPSA) is 68.2 Å². The maximum atomic E-state index is 12.0. The molecule has 0 unspecified atom stereocenters. The Morgan fingerprint density at radius 2 is 1.72 bits per heavy atom. The lowest BCUT2D eigenvalue weighted by Crippen LogP contribution is -2.49. The number of amides is 1. The van der Waals surface area contributed by atoms with Gasteiger partial charge in [-0.2, -0.15) is 5.10 Å². The van der Waals surface area contributed by atoms with Crippen molar-refractivity contribution in [2.24, 2.45) is 5.10 Å². The smallest absolute Gasteiger partial charge is 0.254 e. The third kappa shape index (κ3) is 5.06. The van der Waals surface area contributed by atoms with Crippen LogP contribution in [0.3, 0.4) is 0 Å². The molecule has 2 aromatic rings. The molecule has 0 spiro atoms. The first kappa shape index (κ1) is 17.0. The van der Waals surface area contributed by atoms with Gasteiger partial charge in [0.1, 0.15) is 5.75 Å². The van der Waals surface area contributed by atoms with Gasteiger partial charge in [0.25, 0.3) is 5.91 Å². The van der Waals surface area contributed by atoms with Crippen LogP contribution in [0.1, 0.15) is 5.56 Å². The lowest BCUT2D eigenvalue weighted by Gasteiger charge is -2.35. The quantitative estimate of drug-likeness (QED) is 0.643. The zero-order chi connectivity index (χ0) is 17.5. The van der Waals surface area contributed by atoms with Gasteiger partial charge < -0.3 is 10.0 Å².